The molecule has 0 aromatic heterocycles. The van der Waals surface area contributed by atoms with Crippen molar-refractivity contribution >= 4 is 43.6 Å². The van der Waals surface area contributed by atoms with Crippen molar-refractivity contribution in [3.05, 3.63) is 63.0 Å². The minimum atomic E-state index is 0.0762. The van der Waals surface area contributed by atoms with Crippen LogP contribution in [0.25, 0.3) is 0 Å². The van der Waals surface area contributed by atoms with Gasteiger partial charge in [0.15, 0.2) is 0 Å². The Morgan fingerprint density at radius 2 is 1.63 bits per heavy atom. The van der Waals surface area contributed by atoms with E-state index in [4.69, 9.17) is 5.73 Å². The second kappa shape index (κ2) is 6.93. The molecule has 0 saturated heterocycles. The molecule has 0 heterocycles. The van der Waals surface area contributed by atoms with Gasteiger partial charge in [-0.25, -0.2) is 0 Å². The normalized spacial score (nSPS) is 14.1. The molecule has 0 spiro atoms. The molecule has 2 rings (SSSR count). The maximum Gasteiger partial charge on any atom is 0.0503 e. The van der Waals surface area contributed by atoms with Gasteiger partial charge in [-0.2, -0.15) is 0 Å². The number of rotatable bonds is 4. The summed E-state index contributed by atoms with van der Waals surface area (Å²) in [4.78, 5) is 1.22. The van der Waals surface area contributed by atoms with Gasteiger partial charge in [0.2, 0.25) is 0 Å². The molecular weight excluding hydrogens is 386 g/mol. The van der Waals surface area contributed by atoms with Crippen molar-refractivity contribution in [2.45, 2.75) is 23.1 Å². The molecule has 0 saturated carbocycles. The molecule has 100 valence electrons. The molecule has 2 atom stereocenters. The standard InChI is InChI=1S/C15H15Br2NS/c1-10(18)15(13-4-2-3-5-14(13)17)19-12-8-6-11(16)7-9-12/h2-10,15H,18H2,1H3. The zero-order valence-corrected chi connectivity index (χ0v) is 14.5. The summed E-state index contributed by atoms with van der Waals surface area (Å²) in [7, 11) is 0. The van der Waals surface area contributed by atoms with E-state index >= 15 is 0 Å². The molecule has 19 heavy (non-hydrogen) atoms. The summed E-state index contributed by atoms with van der Waals surface area (Å²) < 4.78 is 2.21. The Balaban J connectivity index is 2.27. The van der Waals surface area contributed by atoms with Crippen LogP contribution in [-0.2, 0) is 0 Å². The van der Waals surface area contributed by atoms with E-state index in [1.165, 1.54) is 10.5 Å². The minimum Gasteiger partial charge on any atom is -0.327 e. The van der Waals surface area contributed by atoms with Gasteiger partial charge in [0.05, 0.1) is 5.25 Å². The first-order valence-electron chi connectivity index (χ1n) is 6.00. The van der Waals surface area contributed by atoms with Crippen molar-refractivity contribution in [1.82, 2.24) is 0 Å². The third kappa shape index (κ3) is 4.09. The number of benzene rings is 2. The lowest BCUT2D eigenvalue weighted by molar-refractivity contribution is 0.719. The molecular formula is C15H15Br2NS. The monoisotopic (exact) mass is 399 g/mol. The smallest absolute Gasteiger partial charge is 0.0503 e. The van der Waals surface area contributed by atoms with Gasteiger partial charge in [-0.15, -0.1) is 11.8 Å². The van der Waals surface area contributed by atoms with Crippen molar-refractivity contribution in [2.75, 3.05) is 0 Å². The van der Waals surface area contributed by atoms with E-state index < -0.39 is 0 Å². The maximum absolute atomic E-state index is 6.16. The average molecular weight is 401 g/mol. The number of hydrogen-bond donors (Lipinski definition) is 1. The van der Waals surface area contributed by atoms with Crippen LogP contribution in [-0.4, -0.2) is 6.04 Å². The van der Waals surface area contributed by atoms with Crippen molar-refractivity contribution in [1.29, 1.82) is 0 Å². The molecule has 2 N–H and O–H groups in total. The van der Waals surface area contributed by atoms with Gasteiger partial charge in [0.1, 0.15) is 0 Å². The lowest BCUT2D eigenvalue weighted by atomic mass is 10.1. The van der Waals surface area contributed by atoms with Gasteiger partial charge < -0.3 is 5.73 Å². The summed E-state index contributed by atoms with van der Waals surface area (Å²) in [6, 6.07) is 16.7. The van der Waals surface area contributed by atoms with Crippen LogP contribution in [0.3, 0.4) is 0 Å². The Morgan fingerprint density at radius 3 is 2.21 bits per heavy atom. The first-order valence-corrected chi connectivity index (χ1v) is 8.46. The molecule has 0 aliphatic rings. The van der Waals surface area contributed by atoms with Crippen molar-refractivity contribution in [2.24, 2.45) is 5.73 Å². The minimum absolute atomic E-state index is 0.0762. The lowest BCUT2D eigenvalue weighted by Gasteiger charge is -2.22. The first kappa shape index (κ1) is 15.1. The van der Waals surface area contributed by atoms with Gasteiger partial charge in [-0.3, -0.25) is 0 Å². The highest BCUT2D eigenvalue weighted by Crippen LogP contribution is 2.40. The fourth-order valence-corrected chi connectivity index (χ4v) is 3.90. The van der Waals surface area contributed by atoms with Crippen LogP contribution in [0.1, 0.15) is 17.7 Å². The van der Waals surface area contributed by atoms with E-state index in [-0.39, 0.29) is 11.3 Å². The molecule has 0 amide bonds. The maximum atomic E-state index is 6.16. The van der Waals surface area contributed by atoms with Gasteiger partial charge in [-0.05, 0) is 42.8 Å². The summed E-state index contributed by atoms with van der Waals surface area (Å²) in [5.41, 5.74) is 7.41. The van der Waals surface area contributed by atoms with Gasteiger partial charge >= 0.3 is 0 Å². The number of hydrogen-bond acceptors (Lipinski definition) is 2. The fraction of sp³-hybridized carbons (Fsp3) is 0.200. The predicted molar refractivity (Wildman–Crippen MR) is 90.5 cm³/mol. The number of nitrogens with two attached hydrogens (primary N) is 1. The van der Waals surface area contributed by atoms with E-state index in [1.54, 1.807) is 11.8 Å². The average Bonchev–Trinajstić information content (AvgIpc) is 2.39. The fourth-order valence-electron chi connectivity index (χ4n) is 1.82. The van der Waals surface area contributed by atoms with Gasteiger partial charge in [-0.1, -0.05) is 50.1 Å². The van der Waals surface area contributed by atoms with Crippen LogP contribution in [0.5, 0.6) is 0 Å². The van der Waals surface area contributed by atoms with Crippen LogP contribution in [0.2, 0.25) is 0 Å². The topological polar surface area (TPSA) is 26.0 Å². The lowest BCUT2D eigenvalue weighted by Crippen LogP contribution is -2.22. The van der Waals surface area contributed by atoms with Gasteiger partial charge in [0.25, 0.3) is 0 Å². The summed E-state index contributed by atoms with van der Waals surface area (Å²) in [5.74, 6) is 0. The number of halogens is 2. The van der Waals surface area contributed by atoms with Crippen LogP contribution < -0.4 is 5.73 Å². The molecule has 0 bridgehead atoms. The Morgan fingerprint density at radius 1 is 1.00 bits per heavy atom. The predicted octanol–water partition coefficient (Wildman–Crippen LogP) is 5.39. The Labute approximate surface area is 135 Å². The van der Waals surface area contributed by atoms with E-state index in [0.717, 1.165) is 8.95 Å². The van der Waals surface area contributed by atoms with Crippen LogP contribution >= 0.6 is 43.6 Å². The van der Waals surface area contributed by atoms with E-state index in [0.29, 0.717) is 0 Å². The molecule has 0 radical (unpaired) electrons. The summed E-state index contributed by atoms with van der Waals surface area (Å²) in [6.45, 7) is 2.05. The van der Waals surface area contributed by atoms with Gasteiger partial charge in [0, 0.05) is 19.9 Å². The molecule has 2 aromatic carbocycles. The zero-order chi connectivity index (χ0) is 13.8. The molecule has 0 aliphatic heterocycles. The van der Waals surface area contributed by atoms with Crippen LogP contribution in [0, 0.1) is 0 Å². The quantitative estimate of drug-likeness (QED) is 0.696. The largest absolute Gasteiger partial charge is 0.327 e. The van der Waals surface area contributed by atoms with E-state index in [2.05, 4.69) is 81.2 Å². The number of thioether (sulfide) groups is 1. The molecule has 0 fully saturated rings. The molecule has 2 aromatic rings. The molecule has 1 nitrogen and oxygen atoms in total. The van der Waals surface area contributed by atoms with E-state index in [9.17, 15) is 0 Å². The Hall–Kier alpha value is -0.290. The first-order chi connectivity index (χ1) is 9.08. The summed E-state index contributed by atoms with van der Waals surface area (Å²) in [6.07, 6.45) is 0. The highest BCUT2D eigenvalue weighted by molar-refractivity contribution is 9.10. The van der Waals surface area contributed by atoms with Crippen LogP contribution in [0.15, 0.2) is 62.4 Å². The highest BCUT2D eigenvalue weighted by Gasteiger charge is 2.19. The van der Waals surface area contributed by atoms with Crippen molar-refractivity contribution < 1.29 is 0 Å². The van der Waals surface area contributed by atoms with E-state index in [1.807, 2.05) is 6.07 Å². The SMILES string of the molecule is CC(N)C(Sc1ccc(Br)cc1)c1ccccc1Br. The van der Waals surface area contributed by atoms with Crippen molar-refractivity contribution in [3.63, 3.8) is 0 Å². The second-order valence-corrected chi connectivity index (χ2v) is 7.36. The third-order valence-electron chi connectivity index (χ3n) is 2.77. The van der Waals surface area contributed by atoms with Crippen molar-refractivity contribution in [3.8, 4) is 0 Å². The van der Waals surface area contributed by atoms with Crippen LogP contribution in [0.4, 0.5) is 0 Å². The molecule has 0 aliphatic carbocycles. The molecule has 2 unspecified atom stereocenters. The summed E-state index contributed by atoms with van der Waals surface area (Å²) in [5, 5.41) is 0.233. The summed E-state index contributed by atoms with van der Waals surface area (Å²) >= 11 is 8.87. The Kier molecular flexibility index (Phi) is 5.51. The third-order valence-corrected chi connectivity index (χ3v) is 5.50. The second-order valence-electron chi connectivity index (χ2n) is 4.37. The zero-order valence-electron chi connectivity index (χ0n) is 10.5. The highest BCUT2D eigenvalue weighted by atomic mass is 79.9. The molecule has 4 heteroatoms. The Bertz CT molecular complexity index is 540.